The zero-order chi connectivity index (χ0) is 14.9. The molecule has 0 aromatic heterocycles. The van der Waals surface area contributed by atoms with Gasteiger partial charge in [-0.3, -0.25) is 14.5 Å². The molecular weight excluding hydrogens is 326 g/mol. The lowest BCUT2D eigenvalue weighted by atomic mass is 9.98. The molecule has 5 nitrogen and oxygen atoms in total. The van der Waals surface area contributed by atoms with Gasteiger partial charge in [-0.15, -0.1) is 0 Å². The van der Waals surface area contributed by atoms with E-state index in [0.29, 0.717) is 5.69 Å². The highest BCUT2D eigenvalue weighted by atomic mass is 79.9. The van der Waals surface area contributed by atoms with Crippen LogP contribution in [0.5, 0.6) is 0 Å². The third-order valence-electron chi connectivity index (χ3n) is 3.31. The molecule has 1 fully saturated rings. The molecule has 1 aromatic rings. The van der Waals surface area contributed by atoms with Gasteiger partial charge in [-0.05, 0) is 26.0 Å². The van der Waals surface area contributed by atoms with Crippen molar-refractivity contribution in [2.45, 2.75) is 24.2 Å². The molecule has 1 heterocycles. The van der Waals surface area contributed by atoms with Crippen LogP contribution in [0.1, 0.15) is 13.8 Å². The average molecular weight is 340 g/mol. The summed E-state index contributed by atoms with van der Waals surface area (Å²) in [4.78, 5) is 36.7. The maximum atomic E-state index is 12.3. The fourth-order valence-electron chi connectivity index (χ4n) is 2.23. The summed E-state index contributed by atoms with van der Waals surface area (Å²) in [6, 6.07) is 8.61. The number of ether oxygens (including phenoxy) is 1. The Bertz CT molecular complexity index is 560. The molecular formula is C14H14BrNO4. The van der Waals surface area contributed by atoms with Crippen LogP contribution in [0.3, 0.4) is 0 Å². The first-order chi connectivity index (χ1) is 9.44. The largest absolute Gasteiger partial charge is 0.464 e. The Kier molecular flexibility index (Phi) is 3.94. The number of benzene rings is 1. The van der Waals surface area contributed by atoms with Crippen molar-refractivity contribution in [3.8, 4) is 0 Å². The number of nitrogens with zero attached hydrogens (tertiary/aromatic N) is 1. The van der Waals surface area contributed by atoms with E-state index in [1.54, 1.807) is 37.3 Å². The second-order valence-electron chi connectivity index (χ2n) is 4.57. The number of rotatable bonds is 3. The predicted octanol–water partition coefficient (Wildman–Crippen LogP) is 1.69. The minimum Gasteiger partial charge on any atom is -0.464 e. The molecule has 20 heavy (non-hydrogen) atoms. The van der Waals surface area contributed by atoms with Gasteiger partial charge in [0.2, 0.25) is 5.78 Å². The van der Waals surface area contributed by atoms with Crippen molar-refractivity contribution < 1.29 is 19.1 Å². The van der Waals surface area contributed by atoms with E-state index in [0.717, 1.165) is 0 Å². The Hall–Kier alpha value is -1.69. The van der Waals surface area contributed by atoms with E-state index in [1.165, 1.54) is 11.8 Å². The molecule has 2 rings (SSSR count). The zero-order valence-corrected chi connectivity index (χ0v) is 12.7. The molecule has 1 aliphatic rings. The first-order valence-electron chi connectivity index (χ1n) is 6.19. The monoisotopic (exact) mass is 339 g/mol. The van der Waals surface area contributed by atoms with Crippen molar-refractivity contribution in [3.63, 3.8) is 0 Å². The van der Waals surface area contributed by atoms with Crippen LogP contribution < -0.4 is 4.90 Å². The van der Waals surface area contributed by atoms with Gasteiger partial charge >= 0.3 is 5.97 Å². The predicted molar refractivity (Wildman–Crippen MR) is 76.7 cm³/mol. The van der Waals surface area contributed by atoms with Crippen molar-refractivity contribution in [2.24, 2.45) is 0 Å². The fourth-order valence-corrected chi connectivity index (χ4v) is 2.82. The molecule has 0 bridgehead atoms. The molecule has 0 radical (unpaired) electrons. The van der Waals surface area contributed by atoms with Gasteiger partial charge in [-0.2, -0.15) is 0 Å². The van der Waals surface area contributed by atoms with Crippen LogP contribution in [0.2, 0.25) is 0 Å². The van der Waals surface area contributed by atoms with Gasteiger partial charge in [0, 0.05) is 5.69 Å². The molecule has 1 aliphatic heterocycles. The maximum absolute atomic E-state index is 12.3. The van der Waals surface area contributed by atoms with Crippen molar-refractivity contribution >= 4 is 39.3 Å². The van der Waals surface area contributed by atoms with Crippen molar-refractivity contribution in [3.05, 3.63) is 30.3 Å². The SMILES string of the molecule is CCOC(=O)[C@]1(C)[C@H](Br)C(=O)C(=O)N1c1ccccc1. The summed E-state index contributed by atoms with van der Waals surface area (Å²) in [7, 11) is 0. The number of carbonyl (C=O) groups excluding carboxylic acids is 3. The first-order valence-corrected chi connectivity index (χ1v) is 7.11. The molecule has 106 valence electrons. The van der Waals surface area contributed by atoms with Gasteiger partial charge in [-0.25, -0.2) is 4.79 Å². The highest BCUT2D eigenvalue weighted by molar-refractivity contribution is 9.10. The number of hydrogen-bond acceptors (Lipinski definition) is 4. The number of alkyl halides is 1. The Labute approximate surface area is 125 Å². The van der Waals surface area contributed by atoms with Crippen LogP contribution in [0.25, 0.3) is 0 Å². The summed E-state index contributed by atoms with van der Waals surface area (Å²) in [6.45, 7) is 3.38. The number of amides is 1. The minimum absolute atomic E-state index is 0.180. The van der Waals surface area contributed by atoms with E-state index in [4.69, 9.17) is 4.74 Å². The lowest BCUT2D eigenvalue weighted by Gasteiger charge is -2.33. The van der Waals surface area contributed by atoms with E-state index < -0.39 is 28.0 Å². The second kappa shape index (κ2) is 5.36. The highest BCUT2D eigenvalue weighted by Gasteiger charge is 2.60. The van der Waals surface area contributed by atoms with E-state index in [-0.39, 0.29) is 6.61 Å². The number of Topliss-reactive ketones (excluding diaryl/α,β-unsaturated/α-hetero) is 1. The number of ketones is 1. The molecule has 2 atom stereocenters. The molecule has 0 saturated carbocycles. The number of halogens is 1. The Morgan fingerprint density at radius 1 is 1.35 bits per heavy atom. The quantitative estimate of drug-likeness (QED) is 0.477. The summed E-state index contributed by atoms with van der Waals surface area (Å²) in [5, 5.41) is 0. The summed E-state index contributed by atoms with van der Waals surface area (Å²) >= 11 is 3.16. The topological polar surface area (TPSA) is 63.7 Å². The molecule has 1 saturated heterocycles. The fraction of sp³-hybridized carbons (Fsp3) is 0.357. The smallest absolute Gasteiger partial charge is 0.333 e. The third kappa shape index (κ3) is 2.04. The normalized spacial score (nSPS) is 25.9. The first kappa shape index (κ1) is 14.7. The minimum atomic E-state index is -1.38. The van der Waals surface area contributed by atoms with Crippen molar-refractivity contribution in [1.82, 2.24) is 0 Å². The second-order valence-corrected chi connectivity index (χ2v) is 5.49. The van der Waals surface area contributed by atoms with Gasteiger partial charge < -0.3 is 4.74 Å². The highest BCUT2D eigenvalue weighted by Crippen LogP contribution is 2.38. The molecule has 0 spiro atoms. The summed E-state index contributed by atoms with van der Waals surface area (Å²) in [5.41, 5.74) is -0.894. The van der Waals surface area contributed by atoms with Gasteiger partial charge in [-0.1, -0.05) is 34.1 Å². The molecule has 1 amide bonds. The molecule has 0 N–H and O–H groups in total. The van der Waals surface area contributed by atoms with Crippen LogP contribution >= 0.6 is 15.9 Å². The molecule has 6 heteroatoms. The van der Waals surface area contributed by atoms with Crippen molar-refractivity contribution in [1.29, 1.82) is 0 Å². The van der Waals surface area contributed by atoms with Gasteiger partial charge in [0.1, 0.15) is 4.83 Å². The third-order valence-corrected chi connectivity index (χ3v) is 4.61. The van der Waals surface area contributed by atoms with Crippen molar-refractivity contribution in [2.75, 3.05) is 11.5 Å². The lowest BCUT2D eigenvalue weighted by molar-refractivity contribution is -0.149. The summed E-state index contributed by atoms with van der Waals surface area (Å²) in [6.07, 6.45) is 0. The van der Waals surface area contributed by atoms with E-state index in [1.807, 2.05) is 0 Å². The maximum Gasteiger partial charge on any atom is 0.333 e. The van der Waals surface area contributed by atoms with E-state index in [9.17, 15) is 14.4 Å². The lowest BCUT2D eigenvalue weighted by Crippen LogP contribution is -2.55. The number of para-hydroxylation sites is 1. The number of anilines is 1. The number of esters is 1. The summed E-state index contributed by atoms with van der Waals surface area (Å²) < 4.78 is 5.03. The molecule has 1 aromatic carbocycles. The number of hydrogen-bond donors (Lipinski definition) is 0. The van der Waals surface area contributed by atoms with Crippen LogP contribution in [-0.4, -0.2) is 34.6 Å². The van der Waals surface area contributed by atoms with Crippen LogP contribution in [-0.2, 0) is 19.1 Å². The standard InChI is InChI=1S/C14H14BrNO4/c1-3-20-13(19)14(2)11(15)10(17)12(18)16(14)9-7-5-4-6-8-9/h4-8,11H,3H2,1-2H3/t11-,14+/m1/s1. The van der Waals surface area contributed by atoms with E-state index in [2.05, 4.69) is 15.9 Å². The Morgan fingerprint density at radius 3 is 2.50 bits per heavy atom. The van der Waals surface area contributed by atoms with Gasteiger partial charge in [0.05, 0.1) is 6.61 Å². The zero-order valence-electron chi connectivity index (χ0n) is 11.1. The van der Waals surface area contributed by atoms with Crippen LogP contribution in [0.4, 0.5) is 5.69 Å². The van der Waals surface area contributed by atoms with Crippen LogP contribution in [0.15, 0.2) is 30.3 Å². The molecule has 0 unspecified atom stereocenters. The summed E-state index contributed by atoms with van der Waals surface area (Å²) in [5.74, 6) is -1.97. The Balaban J connectivity index is 2.53. The van der Waals surface area contributed by atoms with E-state index >= 15 is 0 Å². The molecule has 0 aliphatic carbocycles. The van der Waals surface area contributed by atoms with Gasteiger partial charge in [0.15, 0.2) is 5.54 Å². The Morgan fingerprint density at radius 2 is 1.95 bits per heavy atom. The number of carbonyl (C=O) groups is 3. The van der Waals surface area contributed by atoms with Gasteiger partial charge in [0.25, 0.3) is 5.91 Å². The van der Waals surface area contributed by atoms with Crippen LogP contribution in [0, 0.1) is 0 Å². The average Bonchev–Trinajstić information content (AvgIpc) is 2.62.